The molecule has 0 saturated heterocycles. The van der Waals surface area contributed by atoms with Gasteiger partial charge >= 0.3 is 5.97 Å². The summed E-state index contributed by atoms with van der Waals surface area (Å²) in [6, 6.07) is 14.0. The first-order valence-electron chi connectivity index (χ1n) is 6.51. The Morgan fingerprint density at radius 2 is 1.90 bits per heavy atom. The van der Waals surface area contributed by atoms with E-state index in [1.165, 1.54) is 12.1 Å². The molecule has 0 aliphatic carbocycles. The Balaban J connectivity index is 2.13. The average molecular weight is 284 g/mol. The lowest BCUT2D eigenvalue weighted by Gasteiger charge is -2.12. The number of carbonyl (C=O) groups is 1. The lowest BCUT2D eigenvalue weighted by atomic mass is 10.2. The van der Waals surface area contributed by atoms with Crippen molar-refractivity contribution >= 4 is 5.97 Å². The molecule has 0 amide bonds. The van der Waals surface area contributed by atoms with E-state index in [2.05, 4.69) is 6.58 Å². The van der Waals surface area contributed by atoms with Crippen LogP contribution < -0.4 is 9.47 Å². The summed E-state index contributed by atoms with van der Waals surface area (Å²) >= 11 is 0. The monoisotopic (exact) mass is 284 g/mol. The Kier molecular flexibility index (Phi) is 4.99. The number of aromatic hydroxyl groups is 1. The maximum absolute atomic E-state index is 11.5. The van der Waals surface area contributed by atoms with Crippen LogP contribution in [0.2, 0.25) is 0 Å². The summed E-state index contributed by atoms with van der Waals surface area (Å²) in [5.74, 6) is 0.549. The molecule has 0 aliphatic heterocycles. The molecule has 2 aromatic carbocycles. The minimum absolute atomic E-state index is 0.0230. The van der Waals surface area contributed by atoms with Gasteiger partial charge in [-0.05, 0) is 24.3 Å². The highest BCUT2D eigenvalue weighted by molar-refractivity contribution is 5.74. The van der Waals surface area contributed by atoms with Crippen molar-refractivity contribution in [1.29, 1.82) is 0 Å². The third-order valence-corrected chi connectivity index (χ3v) is 2.77. The van der Waals surface area contributed by atoms with Crippen LogP contribution in [0.15, 0.2) is 61.2 Å². The molecule has 2 rings (SSSR count). The van der Waals surface area contributed by atoms with Gasteiger partial charge in [-0.1, -0.05) is 30.3 Å². The molecule has 21 heavy (non-hydrogen) atoms. The first-order valence-corrected chi connectivity index (χ1v) is 6.51. The SMILES string of the molecule is C=CCC(=O)Oc1cccc(O)c1COc1ccccc1. The number of ether oxygens (including phenoxy) is 2. The van der Waals surface area contributed by atoms with Gasteiger partial charge in [-0.25, -0.2) is 0 Å². The molecule has 0 bridgehead atoms. The molecular formula is C17H16O4. The van der Waals surface area contributed by atoms with Crippen LogP contribution in [0, 0.1) is 0 Å². The number of hydrogen-bond acceptors (Lipinski definition) is 4. The van der Waals surface area contributed by atoms with E-state index in [4.69, 9.17) is 9.47 Å². The first kappa shape index (κ1) is 14.7. The van der Waals surface area contributed by atoms with E-state index >= 15 is 0 Å². The standard InChI is InChI=1S/C17H16O4/c1-2-7-17(19)21-16-11-6-10-15(18)14(16)12-20-13-8-4-3-5-9-13/h2-6,8-11,18H,1,7,12H2. The lowest BCUT2D eigenvalue weighted by Crippen LogP contribution is -2.09. The quantitative estimate of drug-likeness (QED) is 0.501. The predicted molar refractivity (Wildman–Crippen MR) is 79.3 cm³/mol. The number of esters is 1. The summed E-state index contributed by atoms with van der Waals surface area (Å²) in [5.41, 5.74) is 0.429. The fourth-order valence-corrected chi connectivity index (χ4v) is 1.75. The summed E-state index contributed by atoms with van der Waals surface area (Å²) in [6.07, 6.45) is 1.57. The van der Waals surface area contributed by atoms with Crippen molar-refractivity contribution in [2.45, 2.75) is 13.0 Å². The topological polar surface area (TPSA) is 55.8 Å². The molecule has 1 N–H and O–H groups in total. The van der Waals surface area contributed by atoms with Crippen LogP contribution in [0.1, 0.15) is 12.0 Å². The molecule has 4 heteroatoms. The van der Waals surface area contributed by atoms with Crippen molar-refractivity contribution in [1.82, 2.24) is 0 Å². The van der Waals surface area contributed by atoms with E-state index in [0.717, 1.165) is 0 Å². The molecule has 108 valence electrons. The first-order chi connectivity index (χ1) is 10.2. The molecule has 0 atom stereocenters. The number of phenols is 1. The zero-order valence-electron chi connectivity index (χ0n) is 11.5. The van der Waals surface area contributed by atoms with Crippen molar-refractivity contribution in [3.8, 4) is 17.2 Å². The predicted octanol–water partition coefficient (Wildman–Crippen LogP) is 3.45. The van der Waals surface area contributed by atoms with Gasteiger partial charge in [-0.3, -0.25) is 4.79 Å². The number of phenolic OH excluding ortho intramolecular Hbond substituents is 1. The van der Waals surface area contributed by atoms with Gasteiger partial charge in [0.2, 0.25) is 0 Å². The summed E-state index contributed by atoms with van der Waals surface area (Å²) < 4.78 is 10.8. The lowest BCUT2D eigenvalue weighted by molar-refractivity contribution is -0.133. The van der Waals surface area contributed by atoms with Crippen molar-refractivity contribution in [2.24, 2.45) is 0 Å². The molecule has 0 aromatic heterocycles. The Morgan fingerprint density at radius 3 is 2.62 bits per heavy atom. The molecule has 0 unspecified atom stereocenters. The van der Waals surface area contributed by atoms with Crippen molar-refractivity contribution in [3.05, 3.63) is 66.7 Å². The zero-order valence-corrected chi connectivity index (χ0v) is 11.5. The molecule has 0 saturated carbocycles. The average Bonchev–Trinajstić information content (AvgIpc) is 2.48. The van der Waals surface area contributed by atoms with Crippen LogP contribution >= 0.6 is 0 Å². The van der Waals surface area contributed by atoms with Crippen LogP contribution in [0.3, 0.4) is 0 Å². The number of hydrogen-bond donors (Lipinski definition) is 1. The highest BCUT2D eigenvalue weighted by Crippen LogP contribution is 2.29. The van der Waals surface area contributed by atoms with Gasteiger partial charge in [0, 0.05) is 0 Å². The van der Waals surface area contributed by atoms with E-state index in [1.54, 1.807) is 12.1 Å². The number of benzene rings is 2. The Hall–Kier alpha value is -2.75. The van der Waals surface area contributed by atoms with Crippen molar-refractivity contribution in [3.63, 3.8) is 0 Å². The van der Waals surface area contributed by atoms with Gasteiger partial charge < -0.3 is 14.6 Å². The molecule has 0 spiro atoms. The molecule has 4 nitrogen and oxygen atoms in total. The summed E-state index contributed by atoms with van der Waals surface area (Å²) in [6.45, 7) is 3.59. The van der Waals surface area contributed by atoms with E-state index in [0.29, 0.717) is 11.3 Å². The Bertz CT molecular complexity index is 620. The Labute approximate surface area is 123 Å². The molecule has 0 aliphatic rings. The number of para-hydroxylation sites is 1. The second-order valence-corrected chi connectivity index (χ2v) is 4.32. The van der Waals surface area contributed by atoms with Crippen LogP contribution in [0.4, 0.5) is 0 Å². The minimum Gasteiger partial charge on any atom is -0.507 e. The van der Waals surface area contributed by atoms with Crippen molar-refractivity contribution in [2.75, 3.05) is 0 Å². The van der Waals surface area contributed by atoms with E-state index in [-0.39, 0.29) is 24.5 Å². The zero-order chi connectivity index (χ0) is 15.1. The third kappa shape index (κ3) is 4.11. The van der Waals surface area contributed by atoms with E-state index in [9.17, 15) is 9.90 Å². The summed E-state index contributed by atoms with van der Waals surface area (Å²) in [7, 11) is 0. The van der Waals surface area contributed by atoms with Gasteiger partial charge in [-0.15, -0.1) is 6.58 Å². The molecule has 0 fully saturated rings. The number of rotatable bonds is 6. The van der Waals surface area contributed by atoms with Crippen LogP contribution in [-0.4, -0.2) is 11.1 Å². The highest BCUT2D eigenvalue weighted by atomic mass is 16.5. The summed E-state index contributed by atoms with van der Waals surface area (Å²) in [4.78, 5) is 11.5. The molecule has 2 aromatic rings. The van der Waals surface area contributed by atoms with Gasteiger partial charge in [0.05, 0.1) is 12.0 Å². The molecule has 0 radical (unpaired) electrons. The maximum atomic E-state index is 11.5. The fraction of sp³-hybridized carbons (Fsp3) is 0.118. The van der Waals surface area contributed by atoms with Crippen LogP contribution in [0.5, 0.6) is 17.2 Å². The molecular weight excluding hydrogens is 268 g/mol. The fourth-order valence-electron chi connectivity index (χ4n) is 1.75. The van der Waals surface area contributed by atoms with E-state index in [1.807, 2.05) is 30.3 Å². The van der Waals surface area contributed by atoms with E-state index < -0.39 is 5.97 Å². The van der Waals surface area contributed by atoms with Gasteiger partial charge in [0.25, 0.3) is 0 Å². The van der Waals surface area contributed by atoms with Crippen LogP contribution in [0.25, 0.3) is 0 Å². The minimum atomic E-state index is -0.434. The van der Waals surface area contributed by atoms with Crippen LogP contribution in [-0.2, 0) is 11.4 Å². The van der Waals surface area contributed by atoms with Gasteiger partial charge in [0.15, 0.2) is 0 Å². The second kappa shape index (κ2) is 7.14. The van der Waals surface area contributed by atoms with Gasteiger partial charge in [-0.2, -0.15) is 0 Å². The highest BCUT2D eigenvalue weighted by Gasteiger charge is 2.13. The maximum Gasteiger partial charge on any atom is 0.315 e. The molecule has 0 heterocycles. The number of carbonyl (C=O) groups excluding carboxylic acids is 1. The largest absolute Gasteiger partial charge is 0.507 e. The normalized spacial score (nSPS) is 9.90. The van der Waals surface area contributed by atoms with Crippen molar-refractivity contribution < 1.29 is 19.4 Å². The third-order valence-electron chi connectivity index (χ3n) is 2.77. The Morgan fingerprint density at radius 1 is 1.14 bits per heavy atom. The summed E-state index contributed by atoms with van der Waals surface area (Å²) in [5, 5.41) is 9.92. The van der Waals surface area contributed by atoms with Gasteiger partial charge in [0.1, 0.15) is 23.9 Å². The second-order valence-electron chi connectivity index (χ2n) is 4.32. The smallest absolute Gasteiger partial charge is 0.315 e.